The van der Waals surface area contributed by atoms with Crippen LogP contribution in [0.1, 0.15) is 0 Å². The van der Waals surface area contributed by atoms with Crippen molar-refractivity contribution < 1.29 is 8.78 Å². The highest BCUT2D eigenvalue weighted by Crippen LogP contribution is 2.23. The molecule has 1 N–H and O–H groups in total. The molecule has 3 aromatic rings. The molecule has 0 fully saturated rings. The van der Waals surface area contributed by atoms with Crippen molar-refractivity contribution in [2.45, 2.75) is 0 Å². The van der Waals surface area contributed by atoms with Crippen molar-refractivity contribution in [3.63, 3.8) is 0 Å². The molecule has 1 aromatic carbocycles. The Morgan fingerprint density at radius 1 is 1.00 bits per heavy atom. The van der Waals surface area contributed by atoms with Gasteiger partial charge in [-0.15, -0.1) is 0 Å². The minimum atomic E-state index is -0.601. The molecule has 0 amide bonds. The highest BCUT2D eigenvalue weighted by atomic mass is 35.5. The summed E-state index contributed by atoms with van der Waals surface area (Å²) >= 11 is 5.95. The molecule has 0 saturated heterocycles. The van der Waals surface area contributed by atoms with Crippen molar-refractivity contribution in [2.24, 2.45) is 0 Å². The molecule has 0 atom stereocenters. The predicted octanol–water partition coefficient (Wildman–Crippen LogP) is 4.21. The number of nitrogens with one attached hydrogen (secondary N) is 1. The van der Waals surface area contributed by atoms with Crippen molar-refractivity contribution in [1.29, 1.82) is 0 Å². The molecule has 4 nitrogen and oxygen atoms in total. The van der Waals surface area contributed by atoms with Crippen LogP contribution in [0.25, 0.3) is 11.5 Å². The molecule has 0 aliphatic rings. The lowest BCUT2D eigenvalue weighted by Crippen LogP contribution is -2.00. The number of hydrogen-bond donors (Lipinski definition) is 1. The molecule has 2 heterocycles. The molecule has 22 heavy (non-hydrogen) atoms. The first-order valence-corrected chi connectivity index (χ1v) is 6.68. The lowest BCUT2D eigenvalue weighted by molar-refractivity contribution is 0.603. The zero-order chi connectivity index (χ0) is 15.5. The van der Waals surface area contributed by atoms with Gasteiger partial charge in [-0.25, -0.2) is 18.7 Å². The summed E-state index contributed by atoms with van der Waals surface area (Å²) in [6.07, 6.45) is 1.60. The molecule has 0 spiro atoms. The number of halogens is 3. The lowest BCUT2D eigenvalue weighted by Gasteiger charge is -2.08. The number of rotatable bonds is 3. The quantitative estimate of drug-likeness (QED) is 0.735. The molecule has 0 radical (unpaired) electrons. The average Bonchev–Trinajstić information content (AvgIpc) is 2.51. The molecular formula is C15H9ClF2N4. The van der Waals surface area contributed by atoms with Gasteiger partial charge in [0.15, 0.2) is 5.82 Å². The van der Waals surface area contributed by atoms with E-state index in [1.165, 1.54) is 6.07 Å². The number of pyridine rings is 1. The Balaban J connectivity index is 1.98. The number of hydrogen-bond acceptors (Lipinski definition) is 4. The molecule has 0 aliphatic heterocycles. The van der Waals surface area contributed by atoms with Crippen LogP contribution >= 0.6 is 11.6 Å². The van der Waals surface area contributed by atoms with Crippen molar-refractivity contribution >= 4 is 23.1 Å². The molecule has 0 aliphatic carbocycles. The molecule has 2 aromatic heterocycles. The fraction of sp³-hybridized carbons (Fsp3) is 0. The van der Waals surface area contributed by atoms with Crippen LogP contribution in [0.15, 0.2) is 48.7 Å². The maximum absolute atomic E-state index is 13.7. The minimum Gasteiger partial charge on any atom is -0.338 e. The Bertz CT molecular complexity index is 812. The van der Waals surface area contributed by atoms with Crippen molar-refractivity contribution in [1.82, 2.24) is 15.0 Å². The Labute approximate surface area is 129 Å². The van der Waals surface area contributed by atoms with Gasteiger partial charge in [0, 0.05) is 18.3 Å². The zero-order valence-corrected chi connectivity index (χ0v) is 11.9. The van der Waals surface area contributed by atoms with Gasteiger partial charge >= 0.3 is 0 Å². The molecule has 0 bridgehead atoms. The van der Waals surface area contributed by atoms with Crippen LogP contribution in [-0.2, 0) is 0 Å². The van der Waals surface area contributed by atoms with Crippen LogP contribution in [-0.4, -0.2) is 15.0 Å². The normalized spacial score (nSPS) is 10.5. The standard InChI is InChI=1S/C15H9ClF2N4/c16-13-8-14(20-12-7-9(17)4-5-10(12)18)22-15(21-13)11-3-1-2-6-19-11/h1-8H,(H,20,21,22). The van der Waals surface area contributed by atoms with Crippen molar-refractivity contribution in [2.75, 3.05) is 5.32 Å². The number of benzene rings is 1. The molecule has 3 rings (SSSR count). The second kappa shape index (κ2) is 6.03. The first kappa shape index (κ1) is 14.3. The van der Waals surface area contributed by atoms with Gasteiger partial charge in [-0.05, 0) is 24.3 Å². The van der Waals surface area contributed by atoms with Crippen LogP contribution in [0.2, 0.25) is 5.15 Å². The Hall–Kier alpha value is -2.60. The SMILES string of the molecule is Fc1ccc(F)c(Nc2cc(Cl)nc(-c3ccccn3)n2)c1. The smallest absolute Gasteiger partial charge is 0.181 e. The fourth-order valence-electron chi connectivity index (χ4n) is 1.82. The van der Waals surface area contributed by atoms with E-state index in [2.05, 4.69) is 20.3 Å². The van der Waals surface area contributed by atoms with E-state index in [0.29, 0.717) is 5.69 Å². The summed E-state index contributed by atoms with van der Waals surface area (Å²) in [5, 5.41) is 2.85. The Morgan fingerprint density at radius 2 is 1.86 bits per heavy atom. The molecule has 7 heteroatoms. The van der Waals surface area contributed by atoms with E-state index >= 15 is 0 Å². The van der Waals surface area contributed by atoms with E-state index in [1.54, 1.807) is 24.4 Å². The zero-order valence-electron chi connectivity index (χ0n) is 11.1. The third kappa shape index (κ3) is 3.17. The Morgan fingerprint density at radius 3 is 2.64 bits per heavy atom. The highest BCUT2D eigenvalue weighted by Gasteiger charge is 2.09. The molecule has 0 saturated carbocycles. The summed E-state index contributed by atoms with van der Waals surface area (Å²) in [4.78, 5) is 12.4. The Kier molecular flexibility index (Phi) is 3.93. The first-order chi connectivity index (χ1) is 10.6. The van der Waals surface area contributed by atoms with Crippen molar-refractivity contribution in [3.8, 4) is 11.5 Å². The third-order valence-electron chi connectivity index (χ3n) is 2.78. The van der Waals surface area contributed by atoms with Gasteiger partial charge in [0.1, 0.15) is 28.3 Å². The van der Waals surface area contributed by atoms with E-state index in [0.717, 1.165) is 18.2 Å². The summed E-state index contributed by atoms with van der Waals surface area (Å²) < 4.78 is 26.9. The van der Waals surface area contributed by atoms with Crippen LogP contribution in [0.3, 0.4) is 0 Å². The van der Waals surface area contributed by atoms with E-state index in [4.69, 9.17) is 11.6 Å². The largest absolute Gasteiger partial charge is 0.338 e. The lowest BCUT2D eigenvalue weighted by atomic mass is 10.3. The highest BCUT2D eigenvalue weighted by molar-refractivity contribution is 6.29. The maximum Gasteiger partial charge on any atom is 0.181 e. The summed E-state index contributed by atoms with van der Waals surface area (Å²) in [7, 11) is 0. The van der Waals surface area contributed by atoms with E-state index < -0.39 is 11.6 Å². The second-order valence-electron chi connectivity index (χ2n) is 4.36. The van der Waals surface area contributed by atoms with E-state index in [-0.39, 0.29) is 22.5 Å². The number of nitrogens with zero attached hydrogens (tertiary/aromatic N) is 3. The maximum atomic E-state index is 13.7. The summed E-state index contributed by atoms with van der Waals surface area (Å²) in [5.74, 6) is -0.637. The van der Waals surface area contributed by atoms with Gasteiger partial charge in [-0.3, -0.25) is 4.98 Å². The topological polar surface area (TPSA) is 50.7 Å². The molecular weight excluding hydrogens is 310 g/mol. The first-order valence-electron chi connectivity index (χ1n) is 6.30. The number of anilines is 2. The van der Waals surface area contributed by atoms with Crippen LogP contribution < -0.4 is 5.32 Å². The van der Waals surface area contributed by atoms with Gasteiger partial charge in [0.2, 0.25) is 0 Å². The second-order valence-corrected chi connectivity index (χ2v) is 4.75. The molecule has 0 unspecified atom stereocenters. The van der Waals surface area contributed by atoms with Gasteiger partial charge in [-0.1, -0.05) is 17.7 Å². The third-order valence-corrected chi connectivity index (χ3v) is 2.97. The fourth-order valence-corrected chi connectivity index (χ4v) is 2.01. The van der Waals surface area contributed by atoms with E-state index in [9.17, 15) is 8.78 Å². The number of aromatic nitrogens is 3. The van der Waals surface area contributed by atoms with Crippen LogP contribution in [0, 0.1) is 11.6 Å². The minimum absolute atomic E-state index is 0.0401. The molecule has 110 valence electrons. The van der Waals surface area contributed by atoms with Gasteiger partial charge in [-0.2, -0.15) is 0 Å². The van der Waals surface area contributed by atoms with Gasteiger partial charge in [0.05, 0.1) is 5.69 Å². The summed E-state index contributed by atoms with van der Waals surface area (Å²) in [6, 6.07) is 9.77. The predicted molar refractivity (Wildman–Crippen MR) is 79.9 cm³/mol. The van der Waals surface area contributed by atoms with Gasteiger partial charge < -0.3 is 5.32 Å². The van der Waals surface area contributed by atoms with Crippen molar-refractivity contribution in [3.05, 3.63) is 65.4 Å². The summed E-state index contributed by atoms with van der Waals surface area (Å²) in [5.41, 5.74) is 0.481. The van der Waals surface area contributed by atoms with Gasteiger partial charge in [0.25, 0.3) is 0 Å². The monoisotopic (exact) mass is 318 g/mol. The van der Waals surface area contributed by atoms with Crippen LogP contribution in [0.5, 0.6) is 0 Å². The average molecular weight is 319 g/mol. The van der Waals surface area contributed by atoms with E-state index in [1.807, 2.05) is 0 Å². The van der Waals surface area contributed by atoms with Crippen LogP contribution in [0.4, 0.5) is 20.3 Å². The summed E-state index contributed by atoms with van der Waals surface area (Å²) in [6.45, 7) is 0.